The standard InChI is InChI=1S/C12H15NO3S2/c1-9(14)11-4-3-5-12(8-11)18(15,16)13-6-7-17-10(13)2/h3-5,8,10H,6-7H2,1-2H3. The first-order chi connectivity index (χ1) is 8.43. The Balaban J connectivity index is 2.41. The van der Waals surface area contributed by atoms with Crippen LogP contribution in [0.3, 0.4) is 0 Å². The van der Waals surface area contributed by atoms with Gasteiger partial charge in [-0.1, -0.05) is 12.1 Å². The summed E-state index contributed by atoms with van der Waals surface area (Å²) >= 11 is 1.62. The average Bonchev–Trinajstić information content (AvgIpc) is 2.76. The fraction of sp³-hybridized carbons (Fsp3) is 0.417. The molecule has 0 bridgehead atoms. The van der Waals surface area contributed by atoms with Crippen molar-refractivity contribution in [2.75, 3.05) is 12.3 Å². The summed E-state index contributed by atoms with van der Waals surface area (Å²) in [5.41, 5.74) is 0.426. The lowest BCUT2D eigenvalue weighted by atomic mass is 10.2. The summed E-state index contributed by atoms with van der Waals surface area (Å²) in [6.45, 7) is 3.84. The Morgan fingerprint density at radius 1 is 1.44 bits per heavy atom. The molecule has 4 nitrogen and oxygen atoms in total. The number of benzene rings is 1. The molecule has 1 atom stereocenters. The van der Waals surface area contributed by atoms with Gasteiger partial charge in [-0.2, -0.15) is 4.31 Å². The minimum absolute atomic E-state index is 0.0454. The fourth-order valence-corrected chi connectivity index (χ4v) is 4.98. The zero-order valence-corrected chi connectivity index (χ0v) is 11.9. The average molecular weight is 285 g/mol. The van der Waals surface area contributed by atoms with Crippen LogP contribution in [0.2, 0.25) is 0 Å². The second-order valence-electron chi connectivity index (χ2n) is 4.17. The molecule has 0 saturated carbocycles. The summed E-state index contributed by atoms with van der Waals surface area (Å²) in [5, 5.41) is -0.0454. The molecule has 98 valence electrons. The van der Waals surface area contributed by atoms with Crippen LogP contribution in [0, 0.1) is 0 Å². The molecule has 1 aliphatic rings. The third-order valence-corrected chi connectivity index (χ3v) is 6.18. The van der Waals surface area contributed by atoms with Gasteiger partial charge in [0.05, 0.1) is 10.3 Å². The van der Waals surface area contributed by atoms with Gasteiger partial charge in [-0.3, -0.25) is 4.79 Å². The van der Waals surface area contributed by atoms with E-state index in [-0.39, 0.29) is 16.1 Å². The summed E-state index contributed by atoms with van der Waals surface area (Å²) in [7, 11) is -3.48. The van der Waals surface area contributed by atoms with E-state index in [0.29, 0.717) is 12.1 Å². The number of nitrogens with zero attached hydrogens (tertiary/aromatic N) is 1. The van der Waals surface area contributed by atoms with Gasteiger partial charge < -0.3 is 0 Å². The van der Waals surface area contributed by atoms with E-state index in [0.717, 1.165) is 5.75 Å². The normalized spacial score (nSPS) is 21.1. The summed E-state index contributed by atoms with van der Waals surface area (Å²) in [6, 6.07) is 6.23. The van der Waals surface area contributed by atoms with Gasteiger partial charge in [0.2, 0.25) is 10.0 Å². The maximum Gasteiger partial charge on any atom is 0.244 e. The minimum atomic E-state index is -3.48. The van der Waals surface area contributed by atoms with Crippen LogP contribution in [0.4, 0.5) is 0 Å². The van der Waals surface area contributed by atoms with Crippen molar-refractivity contribution >= 4 is 27.6 Å². The van der Waals surface area contributed by atoms with Crippen LogP contribution in [0.5, 0.6) is 0 Å². The first-order valence-electron chi connectivity index (χ1n) is 5.67. The molecular weight excluding hydrogens is 270 g/mol. The van der Waals surface area contributed by atoms with Gasteiger partial charge in [0, 0.05) is 17.9 Å². The molecule has 0 aliphatic carbocycles. The maximum absolute atomic E-state index is 12.4. The molecule has 1 unspecified atom stereocenters. The van der Waals surface area contributed by atoms with Gasteiger partial charge >= 0.3 is 0 Å². The van der Waals surface area contributed by atoms with Gasteiger partial charge in [-0.15, -0.1) is 11.8 Å². The number of carbonyl (C=O) groups excluding carboxylic acids is 1. The summed E-state index contributed by atoms with van der Waals surface area (Å²) < 4.78 is 26.3. The Morgan fingerprint density at radius 3 is 2.72 bits per heavy atom. The van der Waals surface area contributed by atoms with Crippen molar-refractivity contribution in [3.8, 4) is 0 Å². The molecule has 0 aromatic heterocycles. The largest absolute Gasteiger partial charge is 0.295 e. The van der Waals surface area contributed by atoms with E-state index in [1.54, 1.807) is 23.9 Å². The molecule has 1 aromatic rings. The second-order valence-corrected chi connectivity index (χ2v) is 7.48. The zero-order chi connectivity index (χ0) is 13.3. The predicted molar refractivity (Wildman–Crippen MR) is 72.3 cm³/mol. The first kappa shape index (κ1) is 13.6. The quantitative estimate of drug-likeness (QED) is 0.797. The van der Waals surface area contributed by atoms with E-state index in [2.05, 4.69) is 0 Å². The van der Waals surface area contributed by atoms with Gasteiger partial charge in [-0.25, -0.2) is 8.42 Å². The van der Waals surface area contributed by atoms with E-state index in [1.807, 2.05) is 6.92 Å². The number of sulfonamides is 1. The summed E-state index contributed by atoms with van der Waals surface area (Å²) in [6.07, 6.45) is 0. The molecule has 0 N–H and O–H groups in total. The molecule has 1 aliphatic heterocycles. The van der Waals surface area contributed by atoms with Gasteiger partial charge in [0.25, 0.3) is 0 Å². The first-order valence-corrected chi connectivity index (χ1v) is 8.16. The Kier molecular flexibility index (Phi) is 3.79. The van der Waals surface area contributed by atoms with E-state index in [9.17, 15) is 13.2 Å². The van der Waals surface area contributed by atoms with Gasteiger partial charge in [0.15, 0.2) is 5.78 Å². The molecule has 6 heteroatoms. The lowest BCUT2D eigenvalue weighted by Crippen LogP contribution is -2.33. The van der Waals surface area contributed by atoms with Crippen LogP contribution >= 0.6 is 11.8 Å². The molecule has 1 saturated heterocycles. The molecule has 1 aromatic carbocycles. The van der Waals surface area contributed by atoms with E-state index >= 15 is 0 Å². The van der Waals surface area contributed by atoms with Crippen LogP contribution in [0.15, 0.2) is 29.2 Å². The number of thioether (sulfide) groups is 1. The second kappa shape index (κ2) is 5.03. The number of carbonyl (C=O) groups is 1. The fourth-order valence-electron chi connectivity index (χ4n) is 1.90. The van der Waals surface area contributed by atoms with Crippen molar-refractivity contribution in [3.63, 3.8) is 0 Å². The lowest BCUT2D eigenvalue weighted by molar-refractivity contribution is 0.101. The maximum atomic E-state index is 12.4. The third-order valence-electron chi connectivity index (χ3n) is 2.92. The Morgan fingerprint density at radius 2 is 2.17 bits per heavy atom. The van der Waals surface area contributed by atoms with Crippen molar-refractivity contribution in [2.24, 2.45) is 0 Å². The number of Topliss-reactive ketones (excluding diaryl/α,β-unsaturated/α-hetero) is 1. The lowest BCUT2D eigenvalue weighted by Gasteiger charge is -2.20. The Labute approximate surface area is 111 Å². The summed E-state index contributed by atoms with van der Waals surface area (Å²) in [4.78, 5) is 11.5. The molecule has 2 rings (SSSR count). The van der Waals surface area contributed by atoms with E-state index in [4.69, 9.17) is 0 Å². The molecule has 0 radical (unpaired) electrons. The van der Waals surface area contributed by atoms with Crippen LogP contribution in [-0.4, -0.2) is 36.2 Å². The topological polar surface area (TPSA) is 54.5 Å². The monoisotopic (exact) mass is 285 g/mol. The van der Waals surface area contributed by atoms with E-state index in [1.165, 1.54) is 23.4 Å². The van der Waals surface area contributed by atoms with Crippen LogP contribution in [0.1, 0.15) is 24.2 Å². The van der Waals surface area contributed by atoms with Gasteiger partial charge in [0.1, 0.15) is 0 Å². The zero-order valence-electron chi connectivity index (χ0n) is 10.3. The highest BCUT2D eigenvalue weighted by molar-refractivity contribution is 8.01. The predicted octanol–water partition coefficient (Wildman–Crippen LogP) is 1.97. The van der Waals surface area contributed by atoms with Crippen molar-refractivity contribution in [3.05, 3.63) is 29.8 Å². The van der Waals surface area contributed by atoms with Crippen LogP contribution in [-0.2, 0) is 10.0 Å². The number of ketones is 1. The SMILES string of the molecule is CC(=O)c1cccc(S(=O)(=O)N2CCSC2C)c1. The van der Waals surface area contributed by atoms with Crippen LogP contribution < -0.4 is 0 Å². The summed E-state index contributed by atoms with van der Waals surface area (Å²) in [5.74, 6) is 0.683. The Hall–Kier alpha value is -0.850. The van der Waals surface area contributed by atoms with Crippen LogP contribution in [0.25, 0.3) is 0 Å². The molecule has 0 amide bonds. The Bertz CT molecular complexity index is 568. The highest BCUT2D eigenvalue weighted by Gasteiger charge is 2.33. The molecule has 1 fully saturated rings. The highest BCUT2D eigenvalue weighted by atomic mass is 32.2. The molecular formula is C12H15NO3S2. The van der Waals surface area contributed by atoms with Crippen molar-refractivity contribution in [1.82, 2.24) is 4.31 Å². The molecule has 1 heterocycles. The highest BCUT2D eigenvalue weighted by Crippen LogP contribution is 2.29. The van der Waals surface area contributed by atoms with Crippen molar-refractivity contribution in [2.45, 2.75) is 24.1 Å². The van der Waals surface area contributed by atoms with Crippen molar-refractivity contribution in [1.29, 1.82) is 0 Å². The smallest absolute Gasteiger partial charge is 0.244 e. The number of hydrogen-bond donors (Lipinski definition) is 0. The van der Waals surface area contributed by atoms with E-state index < -0.39 is 10.0 Å². The van der Waals surface area contributed by atoms with Gasteiger partial charge in [-0.05, 0) is 26.0 Å². The molecule has 18 heavy (non-hydrogen) atoms. The third kappa shape index (κ3) is 2.46. The number of hydrogen-bond acceptors (Lipinski definition) is 4. The number of rotatable bonds is 3. The minimum Gasteiger partial charge on any atom is -0.295 e. The van der Waals surface area contributed by atoms with Crippen molar-refractivity contribution < 1.29 is 13.2 Å². The molecule has 0 spiro atoms.